The van der Waals surface area contributed by atoms with Gasteiger partial charge >= 0.3 is 24.1 Å². The number of carbonyl (C=O) groups excluding carboxylic acids is 1. The van der Waals surface area contributed by atoms with Crippen LogP contribution < -0.4 is 16.6 Å². The highest BCUT2D eigenvalue weighted by Gasteiger charge is 2.38. The summed E-state index contributed by atoms with van der Waals surface area (Å²) >= 11 is 0. The predicted octanol–water partition coefficient (Wildman–Crippen LogP) is 0.363. The molecule has 16 heteroatoms. The number of nitrogens with zero attached hydrogens (tertiary/aromatic N) is 1. The van der Waals surface area contributed by atoms with Crippen LogP contribution >= 0.6 is 0 Å². The molecule has 1 aromatic rings. The molecule has 166 valence electrons. The quantitative estimate of drug-likeness (QED) is 0.184. The van der Waals surface area contributed by atoms with E-state index in [1.807, 2.05) is 5.43 Å². The zero-order valence-corrected chi connectivity index (χ0v) is 14.7. The summed E-state index contributed by atoms with van der Waals surface area (Å²) in [7, 11) is 0. The number of alkyl halides is 3. The Kier molecular flexibility index (Phi) is 9.68. The van der Waals surface area contributed by atoms with Gasteiger partial charge < -0.3 is 21.1 Å². The van der Waals surface area contributed by atoms with Crippen LogP contribution in [0.4, 0.5) is 24.5 Å². The Labute approximate surface area is 164 Å². The molecule has 0 aliphatic heterocycles. The Morgan fingerprint density at radius 1 is 1.17 bits per heavy atom. The fourth-order valence-corrected chi connectivity index (χ4v) is 1.64. The average Bonchev–Trinajstić information content (AvgIpc) is 2.60. The van der Waals surface area contributed by atoms with Gasteiger partial charge in [0, 0.05) is 18.2 Å². The third kappa shape index (κ3) is 9.31. The van der Waals surface area contributed by atoms with Crippen LogP contribution in [0.15, 0.2) is 18.2 Å². The van der Waals surface area contributed by atoms with Crippen molar-refractivity contribution in [2.75, 3.05) is 5.73 Å². The van der Waals surface area contributed by atoms with Crippen LogP contribution in [0.1, 0.15) is 23.2 Å². The Bertz CT molecular complexity index is 829. The number of aliphatic carboxylic acids is 3. The van der Waals surface area contributed by atoms with E-state index in [1.165, 1.54) is 6.07 Å². The molecule has 0 spiro atoms. The number of nitrogen functional groups attached to an aromatic ring is 1. The number of hydrazine groups is 1. The highest BCUT2D eigenvalue weighted by molar-refractivity contribution is 5.98. The molecule has 0 saturated heterocycles. The van der Waals surface area contributed by atoms with Crippen molar-refractivity contribution in [3.63, 3.8) is 0 Å². The minimum Gasteiger partial charge on any atom is -0.481 e. The molecule has 0 fully saturated rings. The summed E-state index contributed by atoms with van der Waals surface area (Å²) in [6.45, 7) is 0. The molecular formula is C14H15F3N4O9. The number of nitrogens with one attached hydrogen (secondary N) is 2. The number of nitro benzene ring substituents is 1. The maximum absolute atomic E-state index is 11.9. The number of hydrogen-bond donors (Lipinski definition) is 6. The molecule has 0 aromatic heterocycles. The lowest BCUT2D eigenvalue weighted by molar-refractivity contribution is -0.385. The second-order valence-corrected chi connectivity index (χ2v) is 5.26. The summed E-state index contributed by atoms with van der Waals surface area (Å²) in [5.74, 6) is -6.28. The first-order chi connectivity index (χ1) is 13.7. The Morgan fingerprint density at radius 3 is 2.10 bits per heavy atom. The molecule has 0 unspecified atom stereocenters. The maximum Gasteiger partial charge on any atom is 0.490 e. The standard InChI is InChI=1S/C12H14N4O7.C2HF3O2/c13-6-1-2-7(9(5-6)16(22)23)11(19)15-14-8(12(20)21)3-4-10(17)18;3-2(4,5)1(6)7/h1-2,5,8,14H,3-4,13H2,(H,15,19)(H,17,18)(H,20,21);(H,6,7)/t8-;/m0./s1. The third-order valence-corrected chi connectivity index (χ3v) is 3.01. The van der Waals surface area contributed by atoms with Gasteiger partial charge in [-0.15, -0.1) is 0 Å². The number of nitrogens with two attached hydrogens (primary N) is 1. The van der Waals surface area contributed by atoms with Crippen molar-refractivity contribution < 1.29 is 52.6 Å². The fraction of sp³-hybridized carbons (Fsp3) is 0.286. The number of carbonyl (C=O) groups is 4. The van der Waals surface area contributed by atoms with Crippen LogP contribution in [0.2, 0.25) is 0 Å². The molecule has 1 rings (SSSR count). The number of amides is 1. The first-order valence-corrected chi connectivity index (χ1v) is 7.51. The molecule has 0 heterocycles. The van der Waals surface area contributed by atoms with Gasteiger partial charge in [0.25, 0.3) is 11.6 Å². The zero-order valence-electron chi connectivity index (χ0n) is 14.7. The number of rotatable bonds is 8. The van der Waals surface area contributed by atoms with Gasteiger partial charge in [-0.25, -0.2) is 10.2 Å². The second kappa shape index (κ2) is 11.1. The molecule has 1 atom stereocenters. The van der Waals surface area contributed by atoms with Gasteiger partial charge in [-0.2, -0.15) is 13.2 Å². The van der Waals surface area contributed by atoms with Crippen LogP contribution in [0, 0.1) is 10.1 Å². The number of benzene rings is 1. The van der Waals surface area contributed by atoms with Crippen molar-refractivity contribution in [2.45, 2.75) is 25.1 Å². The average molecular weight is 440 g/mol. The number of nitro groups is 1. The highest BCUT2D eigenvalue weighted by atomic mass is 19.4. The van der Waals surface area contributed by atoms with Crippen LogP contribution in [0.3, 0.4) is 0 Å². The molecule has 1 amide bonds. The topological polar surface area (TPSA) is 222 Å². The first kappa shape index (κ1) is 26.1. The van der Waals surface area contributed by atoms with Gasteiger partial charge in [0.2, 0.25) is 0 Å². The minimum absolute atomic E-state index is 0.0890. The Balaban J connectivity index is 0.00000103. The zero-order chi connectivity index (χ0) is 23.6. The predicted molar refractivity (Wildman–Crippen MR) is 90.1 cm³/mol. The van der Waals surface area contributed by atoms with Gasteiger partial charge in [0.15, 0.2) is 0 Å². The Hall–Kier alpha value is -3.95. The van der Waals surface area contributed by atoms with E-state index in [1.54, 1.807) is 0 Å². The van der Waals surface area contributed by atoms with E-state index in [4.69, 9.17) is 25.8 Å². The molecular weight excluding hydrogens is 425 g/mol. The molecule has 1 aromatic carbocycles. The van der Waals surface area contributed by atoms with Crippen molar-refractivity contribution in [3.8, 4) is 0 Å². The smallest absolute Gasteiger partial charge is 0.481 e. The van der Waals surface area contributed by atoms with Gasteiger partial charge in [-0.1, -0.05) is 0 Å². The normalized spacial score (nSPS) is 11.4. The largest absolute Gasteiger partial charge is 0.490 e. The van der Waals surface area contributed by atoms with Crippen LogP contribution in [0.5, 0.6) is 0 Å². The summed E-state index contributed by atoms with van der Waals surface area (Å²) in [6.07, 6.45) is -5.80. The highest BCUT2D eigenvalue weighted by Crippen LogP contribution is 2.21. The van der Waals surface area contributed by atoms with Gasteiger partial charge in [0.1, 0.15) is 11.6 Å². The SMILES string of the molecule is Nc1ccc(C(=O)NN[C@@H](CCC(=O)O)C(=O)O)c([N+](=O)[O-])c1.O=C(O)C(F)(F)F. The monoisotopic (exact) mass is 440 g/mol. The number of carboxylic acid groups (broad SMARTS) is 3. The van der Waals surface area contributed by atoms with E-state index in [9.17, 15) is 37.7 Å². The van der Waals surface area contributed by atoms with Crippen LogP contribution in [-0.2, 0) is 14.4 Å². The minimum atomic E-state index is -5.08. The maximum atomic E-state index is 11.9. The van der Waals surface area contributed by atoms with Crippen molar-refractivity contribution in [1.82, 2.24) is 10.9 Å². The lowest BCUT2D eigenvalue weighted by Gasteiger charge is -2.14. The van der Waals surface area contributed by atoms with Gasteiger partial charge in [0.05, 0.1) is 4.92 Å². The first-order valence-electron chi connectivity index (χ1n) is 7.51. The van der Waals surface area contributed by atoms with E-state index < -0.39 is 53.1 Å². The number of hydrogen-bond acceptors (Lipinski definition) is 8. The molecule has 0 radical (unpaired) electrons. The molecule has 30 heavy (non-hydrogen) atoms. The molecule has 0 saturated carbocycles. The number of anilines is 1. The third-order valence-electron chi connectivity index (χ3n) is 3.01. The van der Waals surface area contributed by atoms with Crippen LogP contribution in [0.25, 0.3) is 0 Å². The van der Waals surface area contributed by atoms with Crippen molar-refractivity contribution in [3.05, 3.63) is 33.9 Å². The Morgan fingerprint density at radius 2 is 1.70 bits per heavy atom. The summed E-state index contributed by atoms with van der Waals surface area (Å²) in [4.78, 5) is 52.3. The summed E-state index contributed by atoms with van der Waals surface area (Å²) in [5.41, 5.74) is 8.79. The molecule has 0 aliphatic rings. The molecule has 13 nitrogen and oxygen atoms in total. The lowest BCUT2D eigenvalue weighted by Crippen LogP contribution is -2.48. The van der Waals surface area contributed by atoms with Gasteiger partial charge in [-0.05, 0) is 18.6 Å². The van der Waals surface area contributed by atoms with Crippen molar-refractivity contribution >= 4 is 35.2 Å². The van der Waals surface area contributed by atoms with Gasteiger partial charge in [-0.3, -0.25) is 29.9 Å². The van der Waals surface area contributed by atoms with E-state index in [0.29, 0.717) is 0 Å². The van der Waals surface area contributed by atoms with E-state index in [2.05, 4.69) is 5.43 Å². The molecule has 0 bridgehead atoms. The lowest BCUT2D eigenvalue weighted by atomic mass is 10.1. The van der Waals surface area contributed by atoms with E-state index in [0.717, 1.165) is 12.1 Å². The fourth-order valence-electron chi connectivity index (χ4n) is 1.64. The van der Waals surface area contributed by atoms with E-state index >= 15 is 0 Å². The number of halogens is 3. The summed E-state index contributed by atoms with van der Waals surface area (Å²) in [6, 6.07) is 2.04. The van der Waals surface area contributed by atoms with Crippen LogP contribution in [-0.4, -0.2) is 56.3 Å². The second-order valence-electron chi connectivity index (χ2n) is 5.26. The molecule has 0 aliphatic carbocycles. The summed E-state index contributed by atoms with van der Waals surface area (Å²) in [5, 5.41) is 35.5. The van der Waals surface area contributed by atoms with E-state index in [-0.39, 0.29) is 17.7 Å². The van der Waals surface area contributed by atoms with Crippen molar-refractivity contribution in [1.29, 1.82) is 0 Å². The number of carboxylic acids is 3. The summed E-state index contributed by atoms with van der Waals surface area (Å²) < 4.78 is 31.7. The van der Waals surface area contributed by atoms with Crippen molar-refractivity contribution in [2.24, 2.45) is 0 Å². The molecule has 7 N–H and O–H groups in total.